The van der Waals surface area contributed by atoms with Crippen LogP contribution in [-0.2, 0) is 6.42 Å². The summed E-state index contributed by atoms with van der Waals surface area (Å²) in [7, 11) is 0. The van der Waals surface area contributed by atoms with E-state index in [0.29, 0.717) is 16.6 Å². The van der Waals surface area contributed by atoms with Gasteiger partial charge in [0, 0.05) is 12.2 Å². The van der Waals surface area contributed by atoms with E-state index < -0.39 is 0 Å². The highest BCUT2D eigenvalue weighted by molar-refractivity contribution is 6.29. The Hall–Kier alpha value is -0.600. The Balaban J connectivity index is 2.33. The van der Waals surface area contributed by atoms with Gasteiger partial charge < -0.3 is 5.32 Å². The zero-order valence-electron chi connectivity index (χ0n) is 10.5. The van der Waals surface area contributed by atoms with Crippen LogP contribution in [0.2, 0.25) is 5.15 Å². The van der Waals surface area contributed by atoms with Crippen molar-refractivity contribution >= 4 is 11.6 Å². The SMILES string of the molecule is CC(NCCc1ccc(Cl)nc1)C(C)(C)C. The number of nitrogens with zero attached hydrogens (tertiary/aromatic N) is 1. The second kappa shape index (κ2) is 5.65. The fourth-order valence-electron chi connectivity index (χ4n) is 1.29. The molecule has 0 saturated carbocycles. The first-order chi connectivity index (χ1) is 7.39. The van der Waals surface area contributed by atoms with E-state index in [-0.39, 0.29) is 0 Å². The molecule has 0 spiro atoms. The normalized spacial score (nSPS) is 13.8. The van der Waals surface area contributed by atoms with Gasteiger partial charge in [-0.3, -0.25) is 0 Å². The number of pyridine rings is 1. The highest BCUT2D eigenvalue weighted by Crippen LogP contribution is 2.18. The monoisotopic (exact) mass is 240 g/mol. The fourth-order valence-corrected chi connectivity index (χ4v) is 1.41. The molecule has 0 aliphatic carbocycles. The van der Waals surface area contributed by atoms with Crippen molar-refractivity contribution in [2.45, 2.75) is 40.2 Å². The van der Waals surface area contributed by atoms with Crippen molar-refractivity contribution in [1.29, 1.82) is 0 Å². The molecule has 1 N–H and O–H groups in total. The molecule has 0 aromatic carbocycles. The van der Waals surface area contributed by atoms with Crippen LogP contribution in [0.15, 0.2) is 18.3 Å². The average molecular weight is 241 g/mol. The predicted molar refractivity (Wildman–Crippen MR) is 69.9 cm³/mol. The van der Waals surface area contributed by atoms with Gasteiger partial charge >= 0.3 is 0 Å². The number of hydrogen-bond acceptors (Lipinski definition) is 2. The molecule has 0 aliphatic rings. The van der Waals surface area contributed by atoms with Crippen LogP contribution in [0, 0.1) is 5.41 Å². The van der Waals surface area contributed by atoms with E-state index in [1.54, 1.807) is 0 Å². The zero-order valence-corrected chi connectivity index (χ0v) is 11.3. The Kier molecular flexibility index (Phi) is 4.75. The lowest BCUT2D eigenvalue weighted by atomic mass is 9.88. The van der Waals surface area contributed by atoms with Gasteiger partial charge in [0.05, 0.1) is 0 Å². The molecule has 0 amide bonds. The molecular formula is C13H21ClN2. The zero-order chi connectivity index (χ0) is 12.2. The van der Waals surface area contributed by atoms with Crippen molar-refractivity contribution in [3.63, 3.8) is 0 Å². The third-order valence-electron chi connectivity index (χ3n) is 2.95. The van der Waals surface area contributed by atoms with Gasteiger partial charge in [-0.2, -0.15) is 0 Å². The molecule has 1 aromatic rings. The molecule has 1 rings (SSSR count). The van der Waals surface area contributed by atoms with Gasteiger partial charge in [0.2, 0.25) is 0 Å². The summed E-state index contributed by atoms with van der Waals surface area (Å²) in [5.41, 5.74) is 1.52. The number of halogens is 1. The molecule has 16 heavy (non-hydrogen) atoms. The van der Waals surface area contributed by atoms with Crippen LogP contribution in [0.25, 0.3) is 0 Å². The van der Waals surface area contributed by atoms with Gasteiger partial charge in [-0.05, 0) is 36.9 Å². The largest absolute Gasteiger partial charge is 0.313 e. The van der Waals surface area contributed by atoms with Crippen molar-refractivity contribution in [3.05, 3.63) is 29.0 Å². The van der Waals surface area contributed by atoms with E-state index >= 15 is 0 Å². The molecule has 0 saturated heterocycles. The third-order valence-corrected chi connectivity index (χ3v) is 3.18. The summed E-state index contributed by atoms with van der Waals surface area (Å²) in [6, 6.07) is 4.37. The maximum absolute atomic E-state index is 5.73. The summed E-state index contributed by atoms with van der Waals surface area (Å²) in [6.45, 7) is 9.93. The summed E-state index contributed by atoms with van der Waals surface area (Å²) < 4.78 is 0. The van der Waals surface area contributed by atoms with Gasteiger partial charge in [0.1, 0.15) is 5.15 Å². The Bertz CT molecular complexity index is 314. The Labute approximate surface area is 103 Å². The van der Waals surface area contributed by atoms with Crippen molar-refractivity contribution < 1.29 is 0 Å². The van der Waals surface area contributed by atoms with Crippen LogP contribution < -0.4 is 5.32 Å². The molecule has 1 unspecified atom stereocenters. The van der Waals surface area contributed by atoms with E-state index in [2.05, 4.69) is 38.0 Å². The number of hydrogen-bond donors (Lipinski definition) is 1. The van der Waals surface area contributed by atoms with Gasteiger partial charge in [0.25, 0.3) is 0 Å². The molecule has 0 radical (unpaired) electrons. The van der Waals surface area contributed by atoms with Crippen LogP contribution in [0.5, 0.6) is 0 Å². The molecule has 0 aliphatic heterocycles. The van der Waals surface area contributed by atoms with Crippen LogP contribution in [0.4, 0.5) is 0 Å². The quantitative estimate of drug-likeness (QED) is 0.817. The van der Waals surface area contributed by atoms with Crippen LogP contribution >= 0.6 is 11.6 Å². The van der Waals surface area contributed by atoms with Gasteiger partial charge in [-0.15, -0.1) is 0 Å². The molecule has 1 atom stereocenters. The summed E-state index contributed by atoms with van der Waals surface area (Å²) in [5, 5.41) is 4.08. The Morgan fingerprint density at radius 1 is 1.38 bits per heavy atom. The Morgan fingerprint density at radius 3 is 2.56 bits per heavy atom. The fraction of sp³-hybridized carbons (Fsp3) is 0.615. The molecule has 0 bridgehead atoms. The van der Waals surface area contributed by atoms with Gasteiger partial charge in [0.15, 0.2) is 0 Å². The van der Waals surface area contributed by atoms with E-state index in [1.807, 2.05) is 18.3 Å². The predicted octanol–water partition coefficient (Wildman–Crippen LogP) is 3.30. The number of rotatable bonds is 4. The molecular weight excluding hydrogens is 220 g/mol. The molecule has 0 fully saturated rings. The van der Waals surface area contributed by atoms with Crippen molar-refractivity contribution in [1.82, 2.24) is 10.3 Å². The second-order valence-electron chi connectivity index (χ2n) is 5.28. The first kappa shape index (κ1) is 13.5. The van der Waals surface area contributed by atoms with Crippen molar-refractivity contribution in [2.24, 2.45) is 5.41 Å². The van der Waals surface area contributed by atoms with E-state index in [9.17, 15) is 0 Å². The maximum atomic E-state index is 5.73. The highest BCUT2D eigenvalue weighted by atomic mass is 35.5. The highest BCUT2D eigenvalue weighted by Gasteiger charge is 2.18. The first-order valence-corrected chi connectivity index (χ1v) is 6.11. The Morgan fingerprint density at radius 2 is 2.06 bits per heavy atom. The molecule has 3 heteroatoms. The average Bonchev–Trinajstić information content (AvgIpc) is 2.19. The number of aromatic nitrogens is 1. The third kappa shape index (κ3) is 4.50. The topological polar surface area (TPSA) is 24.9 Å². The van der Waals surface area contributed by atoms with E-state index in [4.69, 9.17) is 11.6 Å². The van der Waals surface area contributed by atoms with Gasteiger partial charge in [-0.1, -0.05) is 38.4 Å². The summed E-state index contributed by atoms with van der Waals surface area (Å²) in [5.74, 6) is 0. The van der Waals surface area contributed by atoms with E-state index in [1.165, 1.54) is 5.56 Å². The minimum atomic E-state index is 0.304. The lowest BCUT2D eigenvalue weighted by molar-refractivity contribution is 0.288. The maximum Gasteiger partial charge on any atom is 0.129 e. The summed E-state index contributed by atoms with van der Waals surface area (Å²) >= 11 is 5.73. The van der Waals surface area contributed by atoms with E-state index in [0.717, 1.165) is 13.0 Å². The van der Waals surface area contributed by atoms with Crippen molar-refractivity contribution in [3.8, 4) is 0 Å². The molecule has 2 nitrogen and oxygen atoms in total. The molecule has 90 valence electrons. The van der Waals surface area contributed by atoms with Crippen LogP contribution in [0.3, 0.4) is 0 Å². The first-order valence-electron chi connectivity index (χ1n) is 5.73. The minimum absolute atomic E-state index is 0.304. The lowest BCUT2D eigenvalue weighted by Crippen LogP contribution is -2.38. The number of nitrogens with one attached hydrogen (secondary N) is 1. The molecule has 1 aromatic heterocycles. The van der Waals surface area contributed by atoms with Crippen molar-refractivity contribution in [2.75, 3.05) is 6.54 Å². The molecule has 1 heterocycles. The lowest BCUT2D eigenvalue weighted by Gasteiger charge is -2.28. The van der Waals surface area contributed by atoms with Crippen LogP contribution in [-0.4, -0.2) is 17.6 Å². The minimum Gasteiger partial charge on any atom is -0.313 e. The summed E-state index contributed by atoms with van der Waals surface area (Å²) in [4.78, 5) is 4.06. The summed E-state index contributed by atoms with van der Waals surface area (Å²) in [6.07, 6.45) is 2.83. The smallest absolute Gasteiger partial charge is 0.129 e. The van der Waals surface area contributed by atoms with Crippen LogP contribution in [0.1, 0.15) is 33.3 Å². The van der Waals surface area contributed by atoms with Gasteiger partial charge in [-0.25, -0.2) is 4.98 Å². The second-order valence-corrected chi connectivity index (χ2v) is 5.67. The standard InChI is InChI=1S/C13H21ClN2/c1-10(13(2,3)4)15-8-7-11-5-6-12(14)16-9-11/h5-6,9-10,15H,7-8H2,1-4H3.